The number of fused-ring (bicyclic) bond motifs is 1. The van der Waals surface area contributed by atoms with E-state index >= 15 is 0 Å². The molecule has 0 fully saturated rings. The highest BCUT2D eigenvalue weighted by molar-refractivity contribution is 5.97. The van der Waals surface area contributed by atoms with E-state index in [1.807, 2.05) is 6.07 Å². The Morgan fingerprint density at radius 1 is 1.19 bits per heavy atom. The molecule has 166 valence electrons. The van der Waals surface area contributed by atoms with Crippen LogP contribution in [0.2, 0.25) is 0 Å². The summed E-state index contributed by atoms with van der Waals surface area (Å²) in [4.78, 5) is 33.8. The van der Waals surface area contributed by atoms with Gasteiger partial charge in [0.15, 0.2) is 28.7 Å². The molecule has 4 aromatic rings. The number of benzene rings is 1. The fourth-order valence-corrected chi connectivity index (χ4v) is 3.44. The third-order valence-electron chi connectivity index (χ3n) is 4.99. The summed E-state index contributed by atoms with van der Waals surface area (Å²) >= 11 is 0. The van der Waals surface area contributed by atoms with Crippen LogP contribution in [0.3, 0.4) is 0 Å². The Bertz CT molecular complexity index is 1340. The summed E-state index contributed by atoms with van der Waals surface area (Å²) in [6, 6.07) is 8.59. The van der Waals surface area contributed by atoms with Gasteiger partial charge in [0, 0.05) is 7.05 Å². The Balaban J connectivity index is 1.71. The maximum Gasteiger partial charge on any atom is 0.330 e. The number of nitrogens with two attached hydrogens (primary N) is 1. The minimum Gasteiger partial charge on any atom is -0.493 e. The predicted octanol–water partition coefficient (Wildman–Crippen LogP) is 1.67. The third-order valence-corrected chi connectivity index (χ3v) is 4.99. The standard InChI is InChI=1S/C21H22N6O5/c1-26-17-18(23-10-13(28)14-5-4-8-32-14)24-20(22)25-19(17)27(21(26)29)11-12-6-7-15(30-2)16(9-12)31-3/h4-9H,10-11H2,1-3H3,(H3,22,23,24,25). The quantitative estimate of drug-likeness (QED) is 0.393. The smallest absolute Gasteiger partial charge is 0.330 e. The number of furan rings is 1. The lowest BCUT2D eigenvalue weighted by molar-refractivity contribution is 0.0980. The Labute approximate surface area is 182 Å². The van der Waals surface area contributed by atoms with Gasteiger partial charge in [0.05, 0.1) is 33.6 Å². The van der Waals surface area contributed by atoms with E-state index < -0.39 is 0 Å². The van der Waals surface area contributed by atoms with Gasteiger partial charge in [0.25, 0.3) is 0 Å². The number of nitrogen functional groups attached to an aromatic ring is 1. The molecule has 0 radical (unpaired) electrons. The molecule has 11 nitrogen and oxygen atoms in total. The highest BCUT2D eigenvalue weighted by Crippen LogP contribution is 2.28. The SMILES string of the molecule is COc1ccc(Cn2c(=O)n(C)c3c(NCC(=O)c4ccco4)nc(N)nc32)cc1OC. The molecule has 0 atom stereocenters. The first-order chi connectivity index (χ1) is 15.4. The number of ether oxygens (including phenoxy) is 2. The first kappa shape index (κ1) is 21.0. The van der Waals surface area contributed by atoms with Crippen LogP contribution >= 0.6 is 0 Å². The fraction of sp³-hybridized carbons (Fsp3) is 0.238. The lowest BCUT2D eigenvalue weighted by atomic mass is 10.2. The van der Waals surface area contributed by atoms with Gasteiger partial charge in [0.1, 0.15) is 5.52 Å². The molecular weight excluding hydrogens is 416 g/mol. The van der Waals surface area contributed by atoms with Gasteiger partial charge in [-0.05, 0) is 29.8 Å². The lowest BCUT2D eigenvalue weighted by Gasteiger charge is -2.10. The van der Waals surface area contributed by atoms with Gasteiger partial charge in [0.2, 0.25) is 11.7 Å². The second kappa shape index (κ2) is 8.46. The topological polar surface area (TPSA) is 139 Å². The second-order valence-electron chi connectivity index (χ2n) is 6.97. The number of aromatic nitrogens is 4. The molecule has 0 aliphatic rings. The summed E-state index contributed by atoms with van der Waals surface area (Å²) in [6.45, 7) is 0.131. The number of aryl methyl sites for hydroxylation is 1. The zero-order valence-electron chi connectivity index (χ0n) is 17.8. The van der Waals surface area contributed by atoms with Crippen molar-refractivity contribution in [1.29, 1.82) is 0 Å². The first-order valence-electron chi connectivity index (χ1n) is 9.67. The van der Waals surface area contributed by atoms with Crippen LogP contribution in [-0.4, -0.2) is 45.6 Å². The molecule has 0 aliphatic carbocycles. The van der Waals surface area contributed by atoms with E-state index in [0.29, 0.717) is 22.7 Å². The summed E-state index contributed by atoms with van der Waals surface area (Å²) in [6.07, 6.45) is 1.42. The molecule has 0 bridgehead atoms. The van der Waals surface area contributed by atoms with Crippen molar-refractivity contribution >= 4 is 28.7 Å². The van der Waals surface area contributed by atoms with Crippen LogP contribution in [0.5, 0.6) is 11.5 Å². The minimum absolute atomic E-state index is 0.0305. The van der Waals surface area contributed by atoms with Gasteiger partial charge in [-0.15, -0.1) is 0 Å². The number of imidazole rings is 1. The van der Waals surface area contributed by atoms with E-state index in [0.717, 1.165) is 5.56 Å². The average molecular weight is 438 g/mol. The summed E-state index contributed by atoms with van der Waals surface area (Å²) in [5.41, 5.74) is 7.16. The normalized spacial score (nSPS) is 11.0. The summed E-state index contributed by atoms with van der Waals surface area (Å²) in [5, 5.41) is 2.94. The number of ketones is 1. The van der Waals surface area contributed by atoms with E-state index in [4.69, 9.17) is 19.6 Å². The largest absolute Gasteiger partial charge is 0.493 e. The molecule has 1 aromatic carbocycles. The van der Waals surface area contributed by atoms with Crippen LogP contribution in [0, 0.1) is 0 Å². The zero-order chi connectivity index (χ0) is 22.8. The molecule has 3 aromatic heterocycles. The molecule has 0 unspecified atom stereocenters. The molecule has 0 saturated heterocycles. The van der Waals surface area contributed by atoms with E-state index in [1.54, 1.807) is 45.5 Å². The zero-order valence-corrected chi connectivity index (χ0v) is 17.8. The molecule has 3 N–H and O–H groups in total. The molecule has 3 heterocycles. The summed E-state index contributed by atoms with van der Waals surface area (Å²) in [5.74, 6) is 1.33. The van der Waals surface area contributed by atoms with E-state index in [2.05, 4.69) is 15.3 Å². The predicted molar refractivity (Wildman–Crippen MR) is 117 cm³/mol. The monoisotopic (exact) mass is 438 g/mol. The van der Waals surface area contributed by atoms with Crippen LogP contribution < -0.4 is 26.2 Å². The van der Waals surface area contributed by atoms with Gasteiger partial charge in [-0.3, -0.25) is 13.9 Å². The summed E-state index contributed by atoms with van der Waals surface area (Å²) in [7, 11) is 4.70. The molecule has 0 saturated carbocycles. The van der Waals surface area contributed by atoms with Crippen LogP contribution in [-0.2, 0) is 13.6 Å². The van der Waals surface area contributed by atoms with Crippen molar-refractivity contribution in [2.45, 2.75) is 6.54 Å². The molecular formula is C21H22N6O5. The molecule has 11 heteroatoms. The van der Waals surface area contributed by atoms with Crippen molar-refractivity contribution in [2.75, 3.05) is 31.8 Å². The van der Waals surface area contributed by atoms with Gasteiger partial charge < -0.3 is 24.9 Å². The number of Topliss-reactive ketones (excluding diaryl/α,β-unsaturated/α-hetero) is 1. The molecule has 0 aliphatic heterocycles. The maximum absolute atomic E-state index is 13.0. The molecule has 32 heavy (non-hydrogen) atoms. The number of hydrogen-bond donors (Lipinski definition) is 2. The number of methoxy groups -OCH3 is 2. The van der Waals surface area contributed by atoms with Crippen LogP contribution in [0.15, 0.2) is 45.8 Å². The van der Waals surface area contributed by atoms with Crippen molar-refractivity contribution in [2.24, 2.45) is 7.05 Å². The van der Waals surface area contributed by atoms with Gasteiger partial charge in [-0.25, -0.2) is 4.79 Å². The van der Waals surface area contributed by atoms with Gasteiger partial charge in [-0.1, -0.05) is 6.07 Å². The Kier molecular flexibility index (Phi) is 5.54. The summed E-state index contributed by atoms with van der Waals surface area (Å²) < 4.78 is 18.6. The number of carbonyl (C=O) groups is 1. The van der Waals surface area contributed by atoms with Crippen LogP contribution in [0.25, 0.3) is 11.2 Å². The van der Waals surface area contributed by atoms with Gasteiger partial charge in [-0.2, -0.15) is 9.97 Å². The Hall–Kier alpha value is -4.28. The number of carbonyl (C=O) groups excluding carboxylic acids is 1. The Morgan fingerprint density at radius 2 is 1.97 bits per heavy atom. The number of rotatable bonds is 8. The van der Waals surface area contributed by atoms with Crippen molar-refractivity contribution in [1.82, 2.24) is 19.1 Å². The van der Waals surface area contributed by atoms with Crippen LogP contribution in [0.1, 0.15) is 16.1 Å². The fourth-order valence-electron chi connectivity index (χ4n) is 3.44. The second-order valence-corrected chi connectivity index (χ2v) is 6.97. The molecule has 0 spiro atoms. The number of nitrogens with one attached hydrogen (secondary N) is 1. The van der Waals surface area contributed by atoms with E-state index in [1.165, 1.54) is 15.4 Å². The van der Waals surface area contributed by atoms with Crippen LogP contribution in [0.4, 0.5) is 11.8 Å². The Morgan fingerprint density at radius 3 is 2.66 bits per heavy atom. The number of hydrogen-bond acceptors (Lipinski definition) is 9. The third kappa shape index (κ3) is 3.75. The van der Waals surface area contributed by atoms with Crippen molar-refractivity contribution in [3.63, 3.8) is 0 Å². The minimum atomic E-state index is -0.310. The number of nitrogens with zero attached hydrogens (tertiary/aromatic N) is 4. The molecule has 0 amide bonds. The van der Waals surface area contributed by atoms with E-state index in [-0.39, 0.29) is 42.1 Å². The highest BCUT2D eigenvalue weighted by atomic mass is 16.5. The van der Waals surface area contributed by atoms with E-state index in [9.17, 15) is 9.59 Å². The van der Waals surface area contributed by atoms with Crippen molar-refractivity contribution < 1.29 is 18.7 Å². The number of anilines is 2. The molecule has 4 rings (SSSR count). The van der Waals surface area contributed by atoms with Gasteiger partial charge >= 0.3 is 5.69 Å². The lowest BCUT2D eigenvalue weighted by Crippen LogP contribution is -2.23. The first-order valence-corrected chi connectivity index (χ1v) is 9.67. The highest BCUT2D eigenvalue weighted by Gasteiger charge is 2.20. The average Bonchev–Trinajstić information content (AvgIpc) is 3.41. The maximum atomic E-state index is 13.0. The van der Waals surface area contributed by atoms with Crippen molar-refractivity contribution in [3.8, 4) is 11.5 Å². The van der Waals surface area contributed by atoms with Crippen molar-refractivity contribution in [3.05, 3.63) is 58.4 Å².